The van der Waals surface area contributed by atoms with E-state index >= 15 is 0 Å². The van der Waals surface area contributed by atoms with E-state index in [9.17, 15) is 4.79 Å². The van der Waals surface area contributed by atoms with E-state index in [-0.39, 0.29) is 5.91 Å². The van der Waals surface area contributed by atoms with Crippen LogP contribution in [0.25, 0.3) is 0 Å². The van der Waals surface area contributed by atoms with Crippen molar-refractivity contribution >= 4 is 5.91 Å². The molecule has 0 radical (unpaired) electrons. The van der Waals surface area contributed by atoms with E-state index in [1.165, 1.54) is 0 Å². The summed E-state index contributed by atoms with van der Waals surface area (Å²) in [5.74, 6) is 0.637. The molecule has 0 saturated heterocycles. The SMILES string of the molecule is CC(CCN)CCC(=O)NCCn1cccn1. The van der Waals surface area contributed by atoms with Gasteiger partial charge in [0.15, 0.2) is 0 Å². The lowest BCUT2D eigenvalue weighted by Crippen LogP contribution is -2.27. The van der Waals surface area contributed by atoms with E-state index in [2.05, 4.69) is 17.3 Å². The van der Waals surface area contributed by atoms with Crippen molar-refractivity contribution in [3.05, 3.63) is 18.5 Å². The van der Waals surface area contributed by atoms with Crippen LogP contribution in [0.2, 0.25) is 0 Å². The number of rotatable bonds is 8. The van der Waals surface area contributed by atoms with Crippen LogP contribution in [0.1, 0.15) is 26.2 Å². The Morgan fingerprint density at radius 3 is 3.00 bits per heavy atom. The quantitative estimate of drug-likeness (QED) is 0.702. The number of nitrogens with one attached hydrogen (secondary N) is 1. The molecular formula is C12H22N4O. The normalized spacial score (nSPS) is 12.4. The van der Waals surface area contributed by atoms with Crippen LogP contribution in [-0.2, 0) is 11.3 Å². The summed E-state index contributed by atoms with van der Waals surface area (Å²) in [5.41, 5.74) is 5.46. The first-order valence-electron chi connectivity index (χ1n) is 6.16. The highest BCUT2D eigenvalue weighted by molar-refractivity contribution is 5.75. The number of carbonyl (C=O) groups is 1. The van der Waals surface area contributed by atoms with E-state index < -0.39 is 0 Å². The number of carbonyl (C=O) groups excluding carboxylic acids is 1. The van der Waals surface area contributed by atoms with Gasteiger partial charge in [-0.1, -0.05) is 6.92 Å². The molecule has 1 aromatic heterocycles. The zero-order chi connectivity index (χ0) is 12.5. The van der Waals surface area contributed by atoms with Crippen LogP contribution >= 0.6 is 0 Å². The molecule has 1 unspecified atom stereocenters. The van der Waals surface area contributed by atoms with E-state index in [1.54, 1.807) is 10.9 Å². The van der Waals surface area contributed by atoms with E-state index in [4.69, 9.17) is 5.73 Å². The molecule has 3 N–H and O–H groups in total. The average Bonchev–Trinajstić information content (AvgIpc) is 2.80. The van der Waals surface area contributed by atoms with Gasteiger partial charge in [-0.15, -0.1) is 0 Å². The molecule has 96 valence electrons. The molecule has 0 fully saturated rings. The van der Waals surface area contributed by atoms with Gasteiger partial charge in [0.2, 0.25) is 5.91 Å². The molecule has 0 saturated carbocycles. The van der Waals surface area contributed by atoms with Crippen LogP contribution in [0.15, 0.2) is 18.5 Å². The van der Waals surface area contributed by atoms with Crippen LogP contribution in [0.5, 0.6) is 0 Å². The summed E-state index contributed by atoms with van der Waals surface area (Å²) in [7, 11) is 0. The molecular weight excluding hydrogens is 216 g/mol. The molecule has 0 aromatic carbocycles. The third kappa shape index (κ3) is 6.06. The minimum absolute atomic E-state index is 0.112. The second-order valence-electron chi connectivity index (χ2n) is 4.34. The molecule has 5 nitrogen and oxygen atoms in total. The summed E-state index contributed by atoms with van der Waals surface area (Å²) in [4.78, 5) is 11.5. The Morgan fingerprint density at radius 1 is 1.53 bits per heavy atom. The van der Waals surface area contributed by atoms with Gasteiger partial charge < -0.3 is 11.1 Å². The molecule has 5 heteroatoms. The number of hydrogen-bond donors (Lipinski definition) is 2. The number of hydrogen-bond acceptors (Lipinski definition) is 3. The predicted molar refractivity (Wildman–Crippen MR) is 67.3 cm³/mol. The van der Waals surface area contributed by atoms with Crippen molar-refractivity contribution in [3.63, 3.8) is 0 Å². The summed E-state index contributed by atoms with van der Waals surface area (Å²) < 4.78 is 1.80. The van der Waals surface area contributed by atoms with E-state index in [1.807, 2.05) is 12.3 Å². The van der Waals surface area contributed by atoms with Crippen molar-refractivity contribution in [1.29, 1.82) is 0 Å². The van der Waals surface area contributed by atoms with Crippen molar-refractivity contribution in [3.8, 4) is 0 Å². The second-order valence-corrected chi connectivity index (χ2v) is 4.34. The average molecular weight is 238 g/mol. The first-order chi connectivity index (χ1) is 8.22. The van der Waals surface area contributed by atoms with Crippen LogP contribution in [-0.4, -0.2) is 28.8 Å². The number of nitrogens with two attached hydrogens (primary N) is 1. The highest BCUT2D eigenvalue weighted by Gasteiger charge is 2.05. The summed E-state index contributed by atoms with van der Waals surface area (Å²) in [6, 6.07) is 1.87. The smallest absolute Gasteiger partial charge is 0.220 e. The lowest BCUT2D eigenvalue weighted by Gasteiger charge is -2.09. The Balaban J connectivity index is 2.05. The van der Waals surface area contributed by atoms with Crippen molar-refractivity contribution < 1.29 is 4.79 Å². The number of amides is 1. The van der Waals surface area contributed by atoms with Gasteiger partial charge in [-0.3, -0.25) is 9.48 Å². The molecule has 1 atom stereocenters. The van der Waals surface area contributed by atoms with E-state index in [0.717, 1.165) is 19.4 Å². The van der Waals surface area contributed by atoms with Crippen LogP contribution in [0, 0.1) is 5.92 Å². The lowest BCUT2D eigenvalue weighted by atomic mass is 10.0. The van der Waals surface area contributed by atoms with Crippen molar-refractivity contribution in [2.45, 2.75) is 32.7 Å². The molecule has 0 spiro atoms. The summed E-state index contributed by atoms with van der Waals surface area (Å²) in [6.45, 7) is 4.18. The first-order valence-corrected chi connectivity index (χ1v) is 6.16. The van der Waals surface area contributed by atoms with Gasteiger partial charge in [0.25, 0.3) is 0 Å². The van der Waals surface area contributed by atoms with Crippen molar-refractivity contribution in [2.75, 3.05) is 13.1 Å². The maximum Gasteiger partial charge on any atom is 0.220 e. The molecule has 0 aliphatic carbocycles. The largest absolute Gasteiger partial charge is 0.354 e. The summed E-state index contributed by atoms with van der Waals surface area (Å²) in [6.07, 6.45) is 6.09. The maximum absolute atomic E-state index is 11.5. The molecule has 0 aliphatic rings. The topological polar surface area (TPSA) is 72.9 Å². The fourth-order valence-corrected chi connectivity index (χ4v) is 1.64. The molecule has 0 aliphatic heterocycles. The lowest BCUT2D eigenvalue weighted by molar-refractivity contribution is -0.121. The third-order valence-corrected chi connectivity index (χ3v) is 2.75. The highest BCUT2D eigenvalue weighted by Crippen LogP contribution is 2.08. The Kier molecular flexibility index (Phi) is 6.32. The highest BCUT2D eigenvalue weighted by atomic mass is 16.1. The Morgan fingerprint density at radius 2 is 2.35 bits per heavy atom. The van der Waals surface area contributed by atoms with Crippen molar-refractivity contribution in [2.24, 2.45) is 11.7 Å². The molecule has 0 bridgehead atoms. The fourth-order valence-electron chi connectivity index (χ4n) is 1.64. The van der Waals surface area contributed by atoms with Gasteiger partial charge in [-0.25, -0.2) is 0 Å². The van der Waals surface area contributed by atoms with E-state index in [0.29, 0.717) is 25.4 Å². The van der Waals surface area contributed by atoms with Gasteiger partial charge in [-0.05, 0) is 31.4 Å². The number of nitrogens with zero attached hydrogens (tertiary/aromatic N) is 2. The van der Waals surface area contributed by atoms with Crippen LogP contribution in [0.4, 0.5) is 0 Å². The van der Waals surface area contributed by atoms with Gasteiger partial charge in [-0.2, -0.15) is 5.10 Å². The molecule has 1 heterocycles. The standard InChI is InChI=1S/C12H22N4O/c1-11(5-6-13)3-4-12(17)14-8-10-16-9-2-7-15-16/h2,7,9,11H,3-6,8,10,13H2,1H3,(H,14,17). The molecule has 17 heavy (non-hydrogen) atoms. The molecule has 1 amide bonds. The summed E-state index contributed by atoms with van der Waals surface area (Å²) in [5, 5.41) is 6.95. The Labute approximate surface area is 102 Å². The van der Waals surface area contributed by atoms with Crippen molar-refractivity contribution in [1.82, 2.24) is 15.1 Å². The zero-order valence-corrected chi connectivity index (χ0v) is 10.4. The monoisotopic (exact) mass is 238 g/mol. The Hall–Kier alpha value is -1.36. The van der Waals surface area contributed by atoms with Crippen LogP contribution in [0.3, 0.4) is 0 Å². The Bertz CT molecular complexity index is 310. The van der Waals surface area contributed by atoms with Crippen LogP contribution < -0.4 is 11.1 Å². The zero-order valence-electron chi connectivity index (χ0n) is 10.4. The van der Waals surface area contributed by atoms with Gasteiger partial charge in [0.05, 0.1) is 6.54 Å². The summed E-state index contributed by atoms with van der Waals surface area (Å²) >= 11 is 0. The maximum atomic E-state index is 11.5. The number of aromatic nitrogens is 2. The fraction of sp³-hybridized carbons (Fsp3) is 0.667. The molecule has 1 rings (SSSR count). The third-order valence-electron chi connectivity index (χ3n) is 2.75. The second kappa shape index (κ2) is 7.84. The minimum atomic E-state index is 0.112. The van der Waals surface area contributed by atoms with Gasteiger partial charge >= 0.3 is 0 Å². The predicted octanol–water partition coefficient (Wildman–Crippen LogP) is 0.764. The molecule has 1 aromatic rings. The minimum Gasteiger partial charge on any atom is -0.354 e. The first kappa shape index (κ1) is 13.7. The van der Waals surface area contributed by atoms with Gasteiger partial charge in [0.1, 0.15) is 0 Å². The van der Waals surface area contributed by atoms with Gasteiger partial charge in [0, 0.05) is 25.4 Å².